The van der Waals surface area contributed by atoms with Crippen molar-refractivity contribution in [3.8, 4) is 17.2 Å². The molecule has 1 amide bonds. The molecule has 3 aromatic rings. The summed E-state index contributed by atoms with van der Waals surface area (Å²) in [5, 5.41) is 5.20. The van der Waals surface area contributed by atoms with Crippen LogP contribution in [0.25, 0.3) is 0 Å². The molecule has 166 valence electrons. The first-order valence-corrected chi connectivity index (χ1v) is 10.6. The second-order valence-electron chi connectivity index (χ2n) is 6.56. The highest BCUT2D eigenvalue weighted by Gasteiger charge is 2.08. The van der Waals surface area contributed by atoms with Gasteiger partial charge in [-0.25, -0.2) is 5.43 Å². The number of carbonyl (C=O) groups excluding carboxylic acids is 1. The van der Waals surface area contributed by atoms with Crippen molar-refractivity contribution >= 4 is 35.3 Å². The summed E-state index contributed by atoms with van der Waals surface area (Å²) in [7, 11) is 0. The van der Waals surface area contributed by atoms with Gasteiger partial charge in [0, 0.05) is 15.6 Å². The molecule has 0 fully saturated rings. The van der Waals surface area contributed by atoms with Crippen molar-refractivity contribution in [2.24, 2.45) is 5.10 Å². The molecule has 0 aliphatic rings. The van der Waals surface area contributed by atoms with Crippen molar-refractivity contribution in [1.29, 1.82) is 0 Å². The average molecular weight is 473 g/mol. The molecule has 0 aliphatic carbocycles. The van der Waals surface area contributed by atoms with Crippen LogP contribution in [0.1, 0.15) is 18.1 Å². The van der Waals surface area contributed by atoms with E-state index in [2.05, 4.69) is 10.5 Å². The van der Waals surface area contributed by atoms with E-state index in [1.807, 2.05) is 37.3 Å². The van der Waals surface area contributed by atoms with Gasteiger partial charge in [0.15, 0.2) is 18.1 Å². The fourth-order valence-corrected chi connectivity index (χ4v) is 2.97. The van der Waals surface area contributed by atoms with Crippen LogP contribution in [0.4, 0.5) is 0 Å². The zero-order valence-corrected chi connectivity index (χ0v) is 18.9. The van der Waals surface area contributed by atoms with Gasteiger partial charge in [-0.3, -0.25) is 4.79 Å². The quantitative estimate of drug-likeness (QED) is 0.312. The number of ether oxygens (including phenoxy) is 3. The number of hydrogen-bond donors (Lipinski definition) is 1. The largest absolute Gasteiger partial charge is 0.490 e. The van der Waals surface area contributed by atoms with Gasteiger partial charge < -0.3 is 14.2 Å². The van der Waals surface area contributed by atoms with E-state index >= 15 is 0 Å². The number of hydrogen-bond acceptors (Lipinski definition) is 5. The van der Waals surface area contributed by atoms with Crippen LogP contribution in [0.3, 0.4) is 0 Å². The van der Waals surface area contributed by atoms with Crippen LogP contribution in [-0.4, -0.2) is 25.3 Å². The fourth-order valence-electron chi connectivity index (χ4n) is 2.65. The first-order chi connectivity index (χ1) is 15.5. The maximum atomic E-state index is 11.9. The normalized spacial score (nSPS) is 10.7. The van der Waals surface area contributed by atoms with E-state index in [4.69, 9.17) is 37.4 Å². The smallest absolute Gasteiger partial charge is 0.277 e. The summed E-state index contributed by atoms with van der Waals surface area (Å²) in [6, 6.07) is 19.6. The Morgan fingerprint density at radius 2 is 1.75 bits per heavy atom. The lowest BCUT2D eigenvalue weighted by molar-refractivity contribution is -0.123. The highest BCUT2D eigenvalue weighted by molar-refractivity contribution is 6.31. The Hall–Kier alpha value is -3.22. The highest BCUT2D eigenvalue weighted by Crippen LogP contribution is 2.29. The molecule has 0 bridgehead atoms. The Bertz CT molecular complexity index is 1070. The number of halogens is 2. The third-order valence-electron chi connectivity index (χ3n) is 4.20. The SMILES string of the molecule is CCOc1cc(/C=N/NC(=O)COc2ccc(Cl)cc2)ccc1OCc1ccccc1Cl. The number of nitrogens with zero attached hydrogens (tertiary/aromatic N) is 1. The van der Waals surface area contributed by atoms with E-state index in [0.717, 1.165) is 11.1 Å². The van der Waals surface area contributed by atoms with Crippen molar-refractivity contribution in [2.45, 2.75) is 13.5 Å². The second kappa shape index (κ2) is 12.0. The summed E-state index contributed by atoms with van der Waals surface area (Å²) in [6.07, 6.45) is 1.51. The van der Waals surface area contributed by atoms with Gasteiger partial charge in [0.2, 0.25) is 0 Å². The van der Waals surface area contributed by atoms with Gasteiger partial charge in [-0.2, -0.15) is 5.10 Å². The van der Waals surface area contributed by atoms with Crippen LogP contribution in [0.5, 0.6) is 17.2 Å². The number of nitrogens with one attached hydrogen (secondary N) is 1. The number of amides is 1. The first kappa shape index (κ1) is 23.4. The maximum absolute atomic E-state index is 11.9. The predicted octanol–water partition coefficient (Wildman–Crippen LogP) is 5.50. The molecular weight excluding hydrogens is 451 g/mol. The lowest BCUT2D eigenvalue weighted by Crippen LogP contribution is -2.24. The minimum absolute atomic E-state index is 0.169. The molecule has 0 aliphatic heterocycles. The molecule has 0 saturated carbocycles. The van der Waals surface area contributed by atoms with Crippen molar-refractivity contribution in [3.63, 3.8) is 0 Å². The van der Waals surface area contributed by atoms with Gasteiger partial charge >= 0.3 is 0 Å². The number of carbonyl (C=O) groups is 1. The summed E-state index contributed by atoms with van der Waals surface area (Å²) in [4.78, 5) is 11.9. The molecule has 0 atom stereocenters. The molecule has 1 N–H and O–H groups in total. The minimum Gasteiger partial charge on any atom is -0.490 e. The number of benzene rings is 3. The van der Waals surface area contributed by atoms with Gasteiger partial charge in [-0.1, -0.05) is 41.4 Å². The molecule has 0 saturated heterocycles. The van der Waals surface area contributed by atoms with Crippen LogP contribution in [0.15, 0.2) is 71.8 Å². The molecule has 0 heterocycles. The molecule has 8 heteroatoms. The Kier molecular flexibility index (Phi) is 8.78. The lowest BCUT2D eigenvalue weighted by atomic mass is 10.2. The van der Waals surface area contributed by atoms with Gasteiger partial charge in [0.1, 0.15) is 12.4 Å². The maximum Gasteiger partial charge on any atom is 0.277 e. The average Bonchev–Trinajstić information content (AvgIpc) is 2.79. The van der Waals surface area contributed by atoms with Crippen molar-refractivity contribution < 1.29 is 19.0 Å². The summed E-state index contributed by atoms with van der Waals surface area (Å²) >= 11 is 12.0. The van der Waals surface area contributed by atoms with Crippen LogP contribution in [-0.2, 0) is 11.4 Å². The van der Waals surface area contributed by atoms with Crippen LogP contribution >= 0.6 is 23.2 Å². The monoisotopic (exact) mass is 472 g/mol. The second-order valence-corrected chi connectivity index (χ2v) is 7.40. The topological polar surface area (TPSA) is 69.2 Å². The fraction of sp³-hybridized carbons (Fsp3) is 0.167. The summed E-state index contributed by atoms with van der Waals surface area (Å²) in [5.41, 5.74) is 4.04. The van der Waals surface area contributed by atoms with E-state index in [1.54, 1.807) is 36.4 Å². The Balaban J connectivity index is 1.55. The minimum atomic E-state index is -0.388. The van der Waals surface area contributed by atoms with Crippen LogP contribution in [0.2, 0.25) is 10.0 Å². The summed E-state index contributed by atoms with van der Waals surface area (Å²) < 4.78 is 16.9. The third kappa shape index (κ3) is 7.18. The summed E-state index contributed by atoms with van der Waals surface area (Å²) in [6.45, 7) is 2.51. The molecule has 0 aromatic heterocycles. The molecule has 0 unspecified atom stereocenters. The van der Waals surface area contributed by atoms with Gasteiger partial charge in [-0.15, -0.1) is 0 Å². The van der Waals surface area contributed by atoms with E-state index in [0.29, 0.717) is 40.5 Å². The molecular formula is C24H22Cl2N2O4. The molecule has 0 spiro atoms. The molecule has 3 rings (SSSR count). The van der Waals surface area contributed by atoms with Crippen molar-refractivity contribution in [1.82, 2.24) is 5.43 Å². The van der Waals surface area contributed by atoms with Crippen molar-refractivity contribution in [3.05, 3.63) is 87.9 Å². The van der Waals surface area contributed by atoms with Crippen molar-refractivity contribution in [2.75, 3.05) is 13.2 Å². The van der Waals surface area contributed by atoms with E-state index in [-0.39, 0.29) is 12.5 Å². The highest BCUT2D eigenvalue weighted by atomic mass is 35.5. The van der Waals surface area contributed by atoms with E-state index < -0.39 is 0 Å². The van der Waals surface area contributed by atoms with Crippen LogP contribution < -0.4 is 19.6 Å². The number of hydrazone groups is 1. The van der Waals surface area contributed by atoms with E-state index in [1.165, 1.54) is 6.21 Å². The predicted molar refractivity (Wildman–Crippen MR) is 126 cm³/mol. The van der Waals surface area contributed by atoms with Gasteiger partial charge in [0.05, 0.1) is 12.8 Å². The first-order valence-electron chi connectivity index (χ1n) is 9.88. The molecule has 6 nitrogen and oxygen atoms in total. The van der Waals surface area contributed by atoms with Gasteiger partial charge in [-0.05, 0) is 61.0 Å². The van der Waals surface area contributed by atoms with E-state index in [9.17, 15) is 4.79 Å². The molecule has 0 radical (unpaired) electrons. The van der Waals surface area contributed by atoms with Crippen LogP contribution in [0, 0.1) is 0 Å². The molecule has 3 aromatic carbocycles. The zero-order valence-electron chi connectivity index (χ0n) is 17.4. The Morgan fingerprint density at radius 3 is 2.50 bits per heavy atom. The zero-order chi connectivity index (χ0) is 22.8. The number of rotatable bonds is 10. The third-order valence-corrected chi connectivity index (χ3v) is 4.82. The molecule has 32 heavy (non-hydrogen) atoms. The standard InChI is InChI=1S/C24H22Cl2N2O4/c1-2-30-23-13-17(7-12-22(23)32-15-18-5-3-4-6-21(18)26)14-27-28-24(29)16-31-20-10-8-19(25)9-11-20/h3-14H,2,15-16H2,1H3,(H,28,29)/b27-14+. The Labute approximate surface area is 196 Å². The Morgan fingerprint density at radius 1 is 0.969 bits per heavy atom. The lowest BCUT2D eigenvalue weighted by Gasteiger charge is -2.13. The summed E-state index contributed by atoms with van der Waals surface area (Å²) in [5.74, 6) is 1.31. The van der Waals surface area contributed by atoms with Gasteiger partial charge in [0.25, 0.3) is 5.91 Å².